The maximum atomic E-state index is 7.92. The van der Waals surface area contributed by atoms with Crippen LogP contribution in [-0.4, -0.2) is 18.3 Å². The molecule has 17 rings (SSSR count). The molecule has 0 radical (unpaired) electrons. The second kappa shape index (κ2) is 13.5. The molecule has 11 aromatic carbocycles. The van der Waals surface area contributed by atoms with Gasteiger partial charge in [-0.2, -0.15) is 0 Å². The van der Waals surface area contributed by atoms with Gasteiger partial charge in [0.2, 0.25) is 0 Å². The van der Waals surface area contributed by atoms with Crippen molar-refractivity contribution in [2.24, 2.45) is 0 Å². The Labute approximate surface area is 399 Å². The van der Waals surface area contributed by atoms with Crippen molar-refractivity contribution in [3.05, 3.63) is 218 Å². The van der Waals surface area contributed by atoms with Crippen LogP contribution in [0.4, 0.5) is 0 Å². The molecule has 6 aromatic heterocycles. The third-order valence-corrected chi connectivity index (χ3v) is 20.2. The topological polar surface area (TPSA) is 46.0 Å². The summed E-state index contributed by atoms with van der Waals surface area (Å²) in [7, 11) is -2.47. The molecule has 0 bridgehead atoms. The van der Waals surface area contributed by atoms with Gasteiger partial charge in [-0.15, -0.1) is 0 Å². The Morgan fingerprint density at radius 1 is 0.271 bits per heavy atom. The van der Waals surface area contributed by atoms with Crippen LogP contribution in [0.2, 0.25) is 0 Å². The van der Waals surface area contributed by atoms with Crippen LogP contribution in [0.1, 0.15) is 0 Å². The number of para-hydroxylation sites is 4. The molecule has 0 saturated heterocycles. The zero-order valence-electron chi connectivity index (χ0n) is 37.3. The summed E-state index contributed by atoms with van der Waals surface area (Å²) in [5, 5.41) is 12.2. The molecule has 8 heteroatoms. The first-order chi connectivity index (χ1) is 34.8. The molecular formula is C62H36N4O2P2. The van der Waals surface area contributed by atoms with Crippen molar-refractivity contribution >= 4 is 133 Å². The van der Waals surface area contributed by atoms with Gasteiger partial charge < -0.3 is 27.1 Å². The minimum atomic E-state index is -1.24. The third-order valence-electron chi connectivity index (χ3n) is 14.9. The molecule has 0 aliphatic heterocycles. The van der Waals surface area contributed by atoms with Crippen molar-refractivity contribution in [1.82, 2.24) is 18.3 Å². The van der Waals surface area contributed by atoms with Crippen molar-refractivity contribution in [3.8, 4) is 22.7 Å². The molecule has 17 aromatic rings. The summed E-state index contributed by atoms with van der Waals surface area (Å²) < 4.78 is 25.9. The fourth-order valence-electron chi connectivity index (χ4n) is 12.3. The van der Waals surface area contributed by atoms with E-state index in [0.29, 0.717) is 0 Å². The van der Waals surface area contributed by atoms with Gasteiger partial charge in [0.05, 0.1) is 53.6 Å². The summed E-state index contributed by atoms with van der Waals surface area (Å²) >= 11 is 0. The molecule has 0 aliphatic carbocycles. The van der Waals surface area contributed by atoms with Crippen molar-refractivity contribution in [2.45, 2.75) is 0 Å². The van der Waals surface area contributed by atoms with Gasteiger partial charge in [-0.1, -0.05) is 148 Å². The first-order valence-corrected chi connectivity index (χ1v) is 26.5. The van der Waals surface area contributed by atoms with E-state index in [1.165, 1.54) is 63.5 Å². The number of hydrogen-bond donors (Lipinski definition) is 0. The summed E-state index contributed by atoms with van der Waals surface area (Å²) in [6, 6.07) is 79.7. The lowest BCUT2D eigenvalue weighted by Crippen LogP contribution is -2.08. The average Bonchev–Trinajstić information content (AvgIpc) is 3.43. The predicted octanol–water partition coefficient (Wildman–Crippen LogP) is 18.4. The zero-order chi connectivity index (χ0) is 45.3. The predicted molar refractivity (Wildman–Crippen MR) is 295 cm³/mol. The summed E-state index contributed by atoms with van der Waals surface area (Å²) in [6.07, 6.45) is 0. The number of nitrogens with zero attached hydrogens (tertiary/aromatic N) is 4. The van der Waals surface area contributed by atoms with E-state index in [1.807, 2.05) is 0 Å². The van der Waals surface area contributed by atoms with Crippen LogP contribution in [0, 0.1) is 0 Å². The molecule has 0 fully saturated rings. The van der Waals surface area contributed by atoms with Crippen molar-refractivity contribution in [2.75, 3.05) is 0 Å². The molecule has 0 aliphatic rings. The van der Waals surface area contributed by atoms with E-state index in [-0.39, 0.29) is 0 Å². The van der Waals surface area contributed by atoms with Gasteiger partial charge >= 0.3 is 0 Å². The summed E-state index contributed by atoms with van der Waals surface area (Å²) in [5.74, 6) is 0. The molecule has 2 atom stereocenters. The van der Waals surface area contributed by atoms with Gasteiger partial charge in [-0.3, -0.25) is 0 Å². The Morgan fingerprint density at radius 3 is 0.943 bits per heavy atom. The number of rotatable bonds is 4. The van der Waals surface area contributed by atoms with E-state index < -0.39 is 14.7 Å². The largest absolute Gasteiger partial charge is 0.453 e. The van der Waals surface area contributed by atoms with E-state index >= 15 is 0 Å². The molecule has 0 N–H and O–H groups in total. The van der Waals surface area contributed by atoms with Crippen LogP contribution in [0.5, 0.6) is 0 Å². The average molecular weight is 931 g/mol. The quantitative estimate of drug-likeness (QED) is 0.130. The van der Waals surface area contributed by atoms with Crippen LogP contribution in [0.15, 0.2) is 227 Å². The molecule has 6 heterocycles. The normalized spacial score (nSPS) is 13.1. The minimum absolute atomic E-state index is 0.908. The van der Waals surface area contributed by atoms with Gasteiger partial charge in [0, 0.05) is 43.8 Å². The Balaban J connectivity index is 1.26. The number of hydrogen-bond acceptors (Lipinski definition) is 2. The van der Waals surface area contributed by atoms with Gasteiger partial charge in [-0.05, 0) is 95.7 Å². The number of fused-ring (bicyclic) bond motifs is 6. The Hall–Kier alpha value is -8.66. The van der Waals surface area contributed by atoms with Crippen LogP contribution < -0.4 is 0 Å². The van der Waals surface area contributed by atoms with Crippen LogP contribution in [0.25, 0.3) is 141 Å². The van der Waals surface area contributed by atoms with Crippen molar-refractivity contribution in [3.63, 3.8) is 0 Å². The monoisotopic (exact) mass is 930 g/mol. The maximum absolute atomic E-state index is 7.92. The minimum Gasteiger partial charge on any atom is -0.453 e. The number of benzene rings is 11. The van der Waals surface area contributed by atoms with Crippen molar-refractivity contribution in [1.29, 1.82) is 0 Å². The Kier molecular flexibility index (Phi) is 7.21. The van der Waals surface area contributed by atoms with E-state index in [0.717, 1.165) is 77.9 Å². The van der Waals surface area contributed by atoms with E-state index in [1.54, 1.807) is 0 Å². The SMILES string of the molecule is c1ccc(-n2c3cccc4c3p3c5c(cc6ccccc6c52)oc2c5c6c(oc7cc8ccccc8c8c7p6c6c(cccc6n5-c5ccccc5)n8-c5ccccc5)c(c23)n4-c2ccccc2)cc1. The highest BCUT2D eigenvalue weighted by molar-refractivity contribution is 7.65. The highest BCUT2D eigenvalue weighted by Crippen LogP contribution is 2.63. The fraction of sp³-hybridized carbons (Fsp3) is 0. The summed E-state index contributed by atoms with van der Waals surface area (Å²) in [4.78, 5) is 0. The van der Waals surface area contributed by atoms with Crippen LogP contribution in [-0.2, 0) is 0 Å². The van der Waals surface area contributed by atoms with Crippen molar-refractivity contribution < 1.29 is 8.83 Å². The van der Waals surface area contributed by atoms with Gasteiger partial charge in [-0.25, -0.2) is 0 Å². The lowest BCUT2D eigenvalue weighted by Gasteiger charge is -2.29. The molecule has 6 nitrogen and oxygen atoms in total. The molecule has 0 saturated carbocycles. The maximum Gasteiger partial charge on any atom is 0.166 e. The fourth-order valence-corrected chi connectivity index (χ4v) is 18.3. The van der Waals surface area contributed by atoms with Crippen LogP contribution >= 0.6 is 14.7 Å². The molecule has 2 unspecified atom stereocenters. The van der Waals surface area contributed by atoms with Crippen LogP contribution in [0.3, 0.4) is 0 Å². The second-order valence-electron chi connectivity index (χ2n) is 18.5. The van der Waals surface area contributed by atoms with Gasteiger partial charge in [0.1, 0.15) is 22.2 Å². The summed E-state index contributed by atoms with van der Waals surface area (Å²) in [6.45, 7) is 0. The van der Waals surface area contributed by atoms with E-state index in [2.05, 4.69) is 237 Å². The Bertz CT molecular complexity index is 4720. The molecular weight excluding hydrogens is 895 g/mol. The number of aromatic nitrogens is 4. The first-order valence-electron chi connectivity index (χ1n) is 23.8. The first kappa shape index (κ1) is 37.3. The third kappa shape index (κ3) is 4.61. The smallest absolute Gasteiger partial charge is 0.166 e. The second-order valence-corrected chi connectivity index (χ2v) is 22.5. The van der Waals surface area contributed by atoms with E-state index in [4.69, 9.17) is 8.83 Å². The molecule has 0 spiro atoms. The zero-order valence-corrected chi connectivity index (χ0v) is 39.1. The molecule has 326 valence electrons. The highest BCUT2D eigenvalue weighted by Gasteiger charge is 2.33. The van der Waals surface area contributed by atoms with Gasteiger partial charge in [0.25, 0.3) is 0 Å². The lowest BCUT2D eigenvalue weighted by atomic mass is 10.1. The highest BCUT2D eigenvalue weighted by atomic mass is 31.1. The Morgan fingerprint density at radius 2 is 0.586 bits per heavy atom. The lowest BCUT2D eigenvalue weighted by molar-refractivity contribution is 0.659. The van der Waals surface area contributed by atoms with E-state index in [9.17, 15) is 0 Å². The van der Waals surface area contributed by atoms with Gasteiger partial charge in [0.15, 0.2) is 11.2 Å². The standard InChI is InChI=1S/C62H36N4O2P2/c1-5-21-39(22-6-1)63-45-31-17-33-47-57(45)69-59-49(35-37-19-13-15-29-43(37)51(59)63)67-55-54-62-56(53(61(55)69)65(47)41-25-9-3-10-26-41)68-50-36-38-20-14-16-30-44(38)52-60(50)70(62)58-46(64(52)40-23-7-2-8-24-40)32-18-34-48(58)66(54)42-27-11-4-12-28-42/h1-36H. The molecule has 70 heavy (non-hydrogen) atoms. The summed E-state index contributed by atoms with van der Waals surface area (Å²) in [5.41, 5.74) is 17.2. The molecule has 0 amide bonds.